The molecule has 0 amide bonds. The Morgan fingerprint density at radius 3 is 1.71 bits per heavy atom. The summed E-state index contributed by atoms with van der Waals surface area (Å²) in [6.07, 6.45) is 0. The summed E-state index contributed by atoms with van der Waals surface area (Å²) < 4.78 is 29.5. The van der Waals surface area contributed by atoms with Gasteiger partial charge in [0.2, 0.25) is 0 Å². The van der Waals surface area contributed by atoms with Gasteiger partial charge in [0, 0.05) is 0 Å². The van der Waals surface area contributed by atoms with Crippen molar-refractivity contribution in [3.8, 4) is 0 Å². The minimum atomic E-state index is -5.34. The van der Waals surface area contributed by atoms with Gasteiger partial charge in [-0.05, 0) is 0 Å². The zero-order chi connectivity index (χ0) is 11.7. The molecule has 10 heteroatoms. The van der Waals surface area contributed by atoms with Crippen LogP contribution in [0.5, 0.6) is 0 Å². The molecule has 0 aromatic rings. The largest absolute Gasteiger partial charge is 0.480 e. The Bertz CT molecular complexity index is 362. The minimum Gasteiger partial charge on any atom is -0.480 e. The predicted octanol–water partition coefficient (Wildman–Crippen LogP) is -2.97. The molecule has 0 aromatic heterocycles. The fourth-order valence-electron chi connectivity index (χ4n) is 0.587. The van der Waals surface area contributed by atoms with Gasteiger partial charge in [-0.2, -0.15) is 8.42 Å². The average Bonchev–Trinajstić information content (AvgIpc) is 1.98. The molecular formula is C4H8N2O7S. The summed E-state index contributed by atoms with van der Waals surface area (Å²) in [7, 11) is -5.34. The number of nitrogens with two attached hydrogens (primary N) is 2. The van der Waals surface area contributed by atoms with E-state index < -0.39 is 33.0 Å². The number of aliphatic carboxylic acids is 2. The van der Waals surface area contributed by atoms with E-state index in [0.717, 1.165) is 0 Å². The van der Waals surface area contributed by atoms with Crippen molar-refractivity contribution in [3.05, 3.63) is 0 Å². The molecule has 0 rings (SSSR count). The quantitative estimate of drug-likeness (QED) is 0.313. The van der Waals surface area contributed by atoms with E-state index in [-0.39, 0.29) is 0 Å². The monoisotopic (exact) mass is 228 g/mol. The molecule has 0 radical (unpaired) electrons. The summed E-state index contributed by atoms with van der Waals surface area (Å²) in [5.41, 5.74) is 9.46. The third kappa shape index (κ3) is 1.82. The molecule has 0 aliphatic rings. The maximum Gasteiger partial charge on any atom is 0.344 e. The lowest BCUT2D eigenvalue weighted by atomic mass is 10.1. The second-order valence-electron chi connectivity index (χ2n) is 2.39. The SMILES string of the molecule is NC(C(=O)O)C(N)(C(=O)O)S(=O)(=O)O. The van der Waals surface area contributed by atoms with Crippen LogP contribution in [0.3, 0.4) is 0 Å². The third-order valence-electron chi connectivity index (χ3n) is 1.49. The van der Waals surface area contributed by atoms with Gasteiger partial charge < -0.3 is 15.9 Å². The maximum absolute atomic E-state index is 10.5. The zero-order valence-corrected chi connectivity index (χ0v) is 7.43. The van der Waals surface area contributed by atoms with Crippen molar-refractivity contribution in [2.75, 3.05) is 0 Å². The van der Waals surface area contributed by atoms with Crippen LogP contribution in [0, 0.1) is 0 Å². The van der Waals surface area contributed by atoms with Crippen molar-refractivity contribution in [1.29, 1.82) is 0 Å². The Kier molecular flexibility index (Phi) is 3.19. The standard InChI is InChI=1S/C4H8N2O7S/c5-1(2(7)8)4(6,3(9)10)14(11,12)13/h1H,5-6H2,(H,7,8)(H,9,10)(H,11,12,13). The number of carboxylic acids is 2. The van der Waals surface area contributed by atoms with Gasteiger partial charge in [0.25, 0.3) is 15.0 Å². The van der Waals surface area contributed by atoms with E-state index in [0.29, 0.717) is 0 Å². The fourth-order valence-corrected chi connectivity index (χ4v) is 1.23. The number of carboxylic acid groups (broad SMARTS) is 2. The van der Waals surface area contributed by atoms with Crippen molar-refractivity contribution in [2.45, 2.75) is 10.9 Å². The van der Waals surface area contributed by atoms with Crippen molar-refractivity contribution in [3.63, 3.8) is 0 Å². The lowest BCUT2D eigenvalue weighted by Crippen LogP contribution is -2.68. The van der Waals surface area contributed by atoms with Crippen LogP contribution in [0.2, 0.25) is 0 Å². The van der Waals surface area contributed by atoms with Crippen LogP contribution in [0.4, 0.5) is 0 Å². The molecule has 0 aliphatic heterocycles. The Balaban J connectivity index is 5.57. The molecule has 0 saturated carbocycles. The van der Waals surface area contributed by atoms with Gasteiger partial charge >= 0.3 is 11.9 Å². The molecule has 0 aliphatic carbocycles. The Morgan fingerprint density at radius 2 is 1.64 bits per heavy atom. The van der Waals surface area contributed by atoms with Crippen molar-refractivity contribution >= 4 is 22.1 Å². The normalized spacial score (nSPS) is 18.2. The predicted molar refractivity (Wildman–Crippen MR) is 41.7 cm³/mol. The lowest BCUT2D eigenvalue weighted by molar-refractivity contribution is -0.148. The molecule has 2 atom stereocenters. The second-order valence-corrected chi connectivity index (χ2v) is 4.01. The van der Waals surface area contributed by atoms with E-state index in [4.69, 9.17) is 26.2 Å². The molecule has 14 heavy (non-hydrogen) atoms. The molecule has 9 nitrogen and oxygen atoms in total. The molecule has 0 aromatic carbocycles. The zero-order valence-electron chi connectivity index (χ0n) is 6.61. The van der Waals surface area contributed by atoms with Crippen LogP contribution in [0.25, 0.3) is 0 Å². The van der Waals surface area contributed by atoms with E-state index in [9.17, 15) is 18.0 Å². The summed E-state index contributed by atoms with van der Waals surface area (Å²) in [6.45, 7) is 0. The first-order valence-electron chi connectivity index (χ1n) is 3.02. The highest BCUT2D eigenvalue weighted by Crippen LogP contribution is 2.13. The summed E-state index contributed by atoms with van der Waals surface area (Å²) in [5.74, 6) is -4.22. The first kappa shape index (κ1) is 12.8. The second kappa shape index (κ2) is 3.49. The van der Waals surface area contributed by atoms with E-state index in [1.54, 1.807) is 0 Å². The van der Waals surface area contributed by atoms with Crippen molar-refractivity contribution < 1.29 is 32.8 Å². The van der Waals surface area contributed by atoms with Gasteiger partial charge in [-0.25, -0.2) is 4.79 Å². The number of hydrogen-bond acceptors (Lipinski definition) is 6. The van der Waals surface area contributed by atoms with E-state index in [1.807, 2.05) is 0 Å². The summed E-state index contributed by atoms with van der Waals surface area (Å²) in [6, 6.07) is -2.48. The van der Waals surface area contributed by atoms with Gasteiger partial charge in [0.1, 0.15) is 6.04 Å². The van der Waals surface area contributed by atoms with Crippen LogP contribution in [-0.2, 0) is 19.7 Å². The maximum atomic E-state index is 10.5. The van der Waals surface area contributed by atoms with Gasteiger partial charge in [-0.15, -0.1) is 0 Å². The van der Waals surface area contributed by atoms with E-state index in [1.165, 1.54) is 0 Å². The topological polar surface area (TPSA) is 181 Å². The molecule has 0 bridgehead atoms. The van der Waals surface area contributed by atoms with Crippen LogP contribution in [0.1, 0.15) is 0 Å². The Morgan fingerprint density at radius 1 is 1.29 bits per heavy atom. The van der Waals surface area contributed by atoms with Gasteiger partial charge in [-0.3, -0.25) is 15.1 Å². The Hall–Kier alpha value is -1.23. The highest BCUT2D eigenvalue weighted by molar-refractivity contribution is 7.88. The highest BCUT2D eigenvalue weighted by atomic mass is 32.2. The number of hydrogen-bond donors (Lipinski definition) is 5. The molecule has 82 valence electrons. The summed E-state index contributed by atoms with van der Waals surface area (Å²) in [4.78, 5) is 17.2. The summed E-state index contributed by atoms with van der Waals surface area (Å²) >= 11 is 0. The molecule has 0 saturated heterocycles. The molecule has 0 fully saturated rings. The number of carbonyl (C=O) groups is 2. The van der Waals surface area contributed by atoms with E-state index >= 15 is 0 Å². The molecule has 0 heterocycles. The first-order chi connectivity index (χ1) is 6.05. The van der Waals surface area contributed by atoms with Crippen molar-refractivity contribution in [1.82, 2.24) is 0 Å². The van der Waals surface area contributed by atoms with E-state index in [2.05, 4.69) is 0 Å². The molecule has 0 spiro atoms. The van der Waals surface area contributed by atoms with Crippen LogP contribution < -0.4 is 11.5 Å². The van der Waals surface area contributed by atoms with Crippen LogP contribution >= 0.6 is 0 Å². The third-order valence-corrected chi connectivity index (χ3v) is 2.77. The van der Waals surface area contributed by atoms with Crippen molar-refractivity contribution in [2.24, 2.45) is 11.5 Å². The summed E-state index contributed by atoms with van der Waals surface area (Å²) in [5, 5.41) is 16.7. The van der Waals surface area contributed by atoms with Gasteiger partial charge in [0.15, 0.2) is 0 Å². The highest BCUT2D eigenvalue weighted by Gasteiger charge is 2.55. The molecule has 7 N–H and O–H groups in total. The lowest BCUT2D eigenvalue weighted by Gasteiger charge is -2.24. The van der Waals surface area contributed by atoms with Crippen LogP contribution in [0.15, 0.2) is 0 Å². The molecular weight excluding hydrogens is 220 g/mol. The number of rotatable bonds is 4. The minimum absolute atomic E-state index is 1.97. The van der Waals surface area contributed by atoms with Gasteiger partial charge in [0.05, 0.1) is 0 Å². The average molecular weight is 228 g/mol. The van der Waals surface area contributed by atoms with Gasteiger partial charge in [-0.1, -0.05) is 0 Å². The first-order valence-corrected chi connectivity index (χ1v) is 4.46. The Labute approximate surface area is 78.1 Å². The smallest absolute Gasteiger partial charge is 0.344 e. The fraction of sp³-hybridized carbons (Fsp3) is 0.500. The molecule has 2 unspecified atom stereocenters. The van der Waals surface area contributed by atoms with Crippen LogP contribution in [-0.4, -0.2) is 46.0 Å².